The van der Waals surface area contributed by atoms with Crippen LogP contribution in [0.15, 0.2) is 42.7 Å². The van der Waals surface area contributed by atoms with Crippen LogP contribution in [-0.4, -0.2) is 38.4 Å². The number of aromatic nitrogens is 3. The highest BCUT2D eigenvalue weighted by atomic mass is 35.5. The van der Waals surface area contributed by atoms with E-state index in [-0.39, 0.29) is 11.8 Å². The lowest BCUT2D eigenvalue weighted by atomic mass is 10.1. The van der Waals surface area contributed by atoms with Crippen LogP contribution in [0, 0.1) is 0 Å². The molecule has 0 spiro atoms. The summed E-state index contributed by atoms with van der Waals surface area (Å²) in [5, 5.41) is 0.638. The molecule has 1 aliphatic rings. The van der Waals surface area contributed by atoms with Gasteiger partial charge in [-0.3, -0.25) is 9.78 Å². The quantitative estimate of drug-likeness (QED) is 0.719. The molecule has 3 aromatic rings. The van der Waals surface area contributed by atoms with E-state index < -0.39 is 0 Å². The minimum atomic E-state index is 0.0506. The Morgan fingerprint density at radius 1 is 1.25 bits per heavy atom. The summed E-state index contributed by atoms with van der Waals surface area (Å²) in [5.74, 6) is 1.32. The van der Waals surface area contributed by atoms with Crippen LogP contribution in [0.3, 0.4) is 0 Å². The molecule has 0 radical (unpaired) electrons. The van der Waals surface area contributed by atoms with Gasteiger partial charge in [-0.15, -0.1) is 0 Å². The number of carbonyl (C=O) groups is 1. The van der Waals surface area contributed by atoms with Gasteiger partial charge in [-0.25, -0.2) is 4.98 Å². The van der Waals surface area contributed by atoms with Crippen LogP contribution in [0.25, 0.3) is 11.0 Å². The Kier molecular flexibility index (Phi) is 3.73. The molecule has 1 atom stereocenters. The van der Waals surface area contributed by atoms with Gasteiger partial charge < -0.3 is 9.47 Å². The van der Waals surface area contributed by atoms with Crippen molar-refractivity contribution in [1.82, 2.24) is 19.4 Å². The van der Waals surface area contributed by atoms with Crippen LogP contribution in [0.5, 0.6) is 0 Å². The summed E-state index contributed by atoms with van der Waals surface area (Å²) in [7, 11) is 2.01. The first-order chi connectivity index (χ1) is 11.6. The third-order valence-corrected chi connectivity index (χ3v) is 4.90. The van der Waals surface area contributed by atoms with Crippen LogP contribution >= 0.6 is 11.6 Å². The summed E-state index contributed by atoms with van der Waals surface area (Å²) in [6, 6.07) is 8.98. The second kappa shape index (κ2) is 5.91. The van der Waals surface area contributed by atoms with Crippen molar-refractivity contribution in [3.05, 3.63) is 59.1 Å². The van der Waals surface area contributed by atoms with E-state index in [1.165, 1.54) is 0 Å². The first-order valence-corrected chi connectivity index (χ1v) is 8.32. The molecule has 0 N–H and O–H groups in total. The van der Waals surface area contributed by atoms with Crippen LogP contribution in [-0.2, 0) is 7.05 Å². The van der Waals surface area contributed by atoms with Gasteiger partial charge in [0.1, 0.15) is 5.82 Å². The third-order valence-electron chi connectivity index (χ3n) is 4.65. The second-order valence-corrected chi connectivity index (χ2v) is 6.57. The maximum Gasteiger partial charge on any atom is 0.253 e. The molecular weight excluding hydrogens is 324 g/mol. The van der Waals surface area contributed by atoms with Gasteiger partial charge in [0.05, 0.1) is 17.2 Å². The number of carbonyl (C=O) groups excluding carboxylic acids is 1. The highest BCUT2D eigenvalue weighted by molar-refractivity contribution is 6.30. The minimum absolute atomic E-state index is 0.0506. The number of halogens is 1. The number of imidazole rings is 1. The molecule has 4 rings (SSSR count). The molecule has 1 amide bonds. The summed E-state index contributed by atoms with van der Waals surface area (Å²) in [5.41, 5.74) is 2.65. The van der Waals surface area contributed by atoms with Crippen molar-refractivity contribution in [3.63, 3.8) is 0 Å². The summed E-state index contributed by atoms with van der Waals surface area (Å²) >= 11 is 5.89. The van der Waals surface area contributed by atoms with Crippen molar-refractivity contribution in [3.8, 4) is 0 Å². The first kappa shape index (κ1) is 15.1. The lowest BCUT2D eigenvalue weighted by Crippen LogP contribution is -2.28. The number of benzene rings is 1. The largest absolute Gasteiger partial charge is 0.338 e. The maximum atomic E-state index is 12.6. The molecule has 0 bridgehead atoms. The molecule has 2 aromatic heterocycles. The number of aryl methyl sites for hydroxylation is 1. The van der Waals surface area contributed by atoms with Gasteiger partial charge in [0.15, 0.2) is 0 Å². The lowest BCUT2D eigenvalue weighted by Gasteiger charge is -2.16. The Morgan fingerprint density at radius 2 is 2.04 bits per heavy atom. The number of amides is 1. The number of likely N-dealkylation sites (tertiary alicyclic amines) is 1. The van der Waals surface area contributed by atoms with E-state index in [1.807, 2.05) is 24.2 Å². The van der Waals surface area contributed by atoms with E-state index in [0.29, 0.717) is 17.1 Å². The van der Waals surface area contributed by atoms with Crippen molar-refractivity contribution in [1.29, 1.82) is 0 Å². The van der Waals surface area contributed by atoms with E-state index in [2.05, 4.69) is 9.55 Å². The molecule has 6 heteroatoms. The topological polar surface area (TPSA) is 51.0 Å². The number of nitrogens with zero attached hydrogens (tertiary/aromatic N) is 4. The van der Waals surface area contributed by atoms with Gasteiger partial charge in [-0.2, -0.15) is 0 Å². The Hall–Kier alpha value is -2.40. The SMILES string of the molecule is Cn1c(C2CCN(C(=O)c3ccc(Cl)cc3)C2)nc2ccncc21. The number of hydrogen-bond acceptors (Lipinski definition) is 3. The molecule has 1 aromatic carbocycles. The fraction of sp³-hybridized carbons (Fsp3) is 0.278. The lowest BCUT2D eigenvalue weighted by molar-refractivity contribution is 0.0790. The summed E-state index contributed by atoms with van der Waals surface area (Å²) in [6.45, 7) is 1.43. The molecular formula is C18H17ClN4O. The zero-order valence-electron chi connectivity index (χ0n) is 13.3. The van der Waals surface area contributed by atoms with Gasteiger partial charge in [0.2, 0.25) is 0 Å². The second-order valence-electron chi connectivity index (χ2n) is 6.14. The highest BCUT2D eigenvalue weighted by Crippen LogP contribution is 2.29. The maximum absolute atomic E-state index is 12.6. The molecule has 24 heavy (non-hydrogen) atoms. The van der Waals surface area contributed by atoms with Gasteiger partial charge >= 0.3 is 0 Å². The molecule has 3 heterocycles. The molecule has 5 nitrogen and oxygen atoms in total. The Morgan fingerprint density at radius 3 is 2.79 bits per heavy atom. The minimum Gasteiger partial charge on any atom is -0.338 e. The average molecular weight is 341 g/mol. The Balaban J connectivity index is 1.56. The number of hydrogen-bond donors (Lipinski definition) is 0. The van der Waals surface area contributed by atoms with Crippen LogP contribution in [0.2, 0.25) is 5.02 Å². The monoisotopic (exact) mass is 340 g/mol. The number of rotatable bonds is 2. The van der Waals surface area contributed by atoms with E-state index >= 15 is 0 Å². The summed E-state index contributed by atoms with van der Waals surface area (Å²) < 4.78 is 2.09. The predicted octanol–water partition coefficient (Wildman–Crippen LogP) is 3.25. The van der Waals surface area contributed by atoms with E-state index in [4.69, 9.17) is 16.6 Å². The van der Waals surface area contributed by atoms with E-state index in [1.54, 1.807) is 30.5 Å². The van der Waals surface area contributed by atoms with Gasteiger partial charge in [0, 0.05) is 42.8 Å². The Labute approximate surface area is 144 Å². The van der Waals surface area contributed by atoms with E-state index in [9.17, 15) is 4.79 Å². The molecule has 1 fully saturated rings. The molecule has 0 saturated carbocycles. The number of pyridine rings is 1. The van der Waals surface area contributed by atoms with Gasteiger partial charge in [0.25, 0.3) is 5.91 Å². The van der Waals surface area contributed by atoms with Crippen molar-refractivity contribution in [2.24, 2.45) is 7.05 Å². The van der Waals surface area contributed by atoms with Crippen LogP contribution in [0.4, 0.5) is 0 Å². The predicted molar refractivity (Wildman–Crippen MR) is 93.2 cm³/mol. The van der Waals surface area contributed by atoms with Crippen molar-refractivity contribution >= 4 is 28.5 Å². The van der Waals surface area contributed by atoms with Crippen molar-refractivity contribution in [2.45, 2.75) is 12.3 Å². The first-order valence-electron chi connectivity index (χ1n) is 7.94. The highest BCUT2D eigenvalue weighted by Gasteiger charge is 2.30. The zero-order chi connectivity index (χ0) is 16.7. The number of fused-ring (bicyclic) bond motifs is 1. The smallest absolute Gasteiger partial charge is 0.253 e. The molecule has 1 saturated heterocycles. The third kappa shape index (κ3) is 2.55. The van der Waals surface area contributed by atoms with Crippen LogP contribution in [0.1, 0.15) is 28.5 Å². The molecule has 1 aliphatic heterocycles. The van der Waals surface area contributed by atoms with E-state index in [0.717, 1.165) is 29.8 Å². The molecule has 122 valence electrons. The van der Waals surface area contributed by atoms with Gasteiger partial charge in [-0.05, 0) is 36.8 Å². The standard InChI is InChI=1S/C18H17ClN4O/c1-22-16-10-20-8-6-15(16)21-17(22)13-7-9-23(11-13)18(24)12-2-4-14(19)5-3-12/h2-6,8,10,13H,7,9,11H2,1H3. The summed E-state index contributed by atoms with van der Waals surface area (Å²) in [4.78, 5) is 23.4. The van der Waals surface area contributed by atoms with Crippen molar-refractivity contribution in [2.75, 3.05) is 13.1 Å². The van der Waals surface area contributed by atoms with Gasteiger partial charge in [-0.1, -0.05) is 11.6 Å². The average Bonchev–Trinajstić information content (AvgIpc) is 3.20. The molecule has 0 aliphatic carbocycles. The fourth-order valence-electron chi connectivity index (χ4n) is 3.35. The van der Waals surface area contributed by atoms with Crippen LogP contribution < -0.4 is 0 Å². The summed E-state index contributed by atoms with van der Waals surface area (Å²) in [6.07, 6.45) is 4.51. The molecule has 1 unspecified atom stereocenters. The zero-order valence-corrected chi connectivity index (χ0v) is 14.1. The van der Waals surface area contributed by atoms with Crippen molar-refractivity contribution < 1.29 is 4.79 Å². The fourth-order valence-corrected chi connectivity index (χ4v) is 3.48. The Bertz CT molecular complexity index is 903. The normalized spacial score (nSPS) is 17.6.